The van der Waals surface area contributed by atoms with Gasteiger partial charge in [0, 0.05) is 18.7 Å². The Morgan fingerprint density at radius 2 is 1.90 bits per heavy atom. The van der Waals surface area contributed by atoms with Crippen LogP contribution in [0.4, 0.5) is 5.69 Å². The van der Waals surface area contributed by atoms with Crippen molar-refractivity contribution < 1.29 is 9.66 Å². The predicted octanol–water partition coefficient (Wildman–Crippen LogP) is 3.15. The number of rotatable bonds is 8. The van der Waals surface area contributed by atoms with Gasteiger partial charge in [-0.1, -0.05) is 30.3 Å². The van der Waals surface area contributed by atoms with Crippen molar-refractivity contribution >= 4 is 5.69 Å². The molecule has 110 valence electrons. The zero-order valence-corrected chi connectivity index (χ0v) is 11.7. The summed E-state index contributed by atoms with van der Waals surface area (Å²) < 4.78 is 5.58. The molecular weight excluding hydrogens is 268 g/mol. The van der Waals surface area contributed by atoms with Crippen molar-refractivity contribution in [2.45, 2.75) is 13.0 Å². The summed E-state index contributed by atoms with van der Waals surface area (Å²) in [5, 5.41) is 13.9. The van der Waals surface area contributed by atoms with E-state index in [2.05, 4.69) is 5.32 Å². The van der Waals surface area contributed by atoms with E-state index in [1.807, 2.05) is 36.4 Å². The normalized spacial score (nSPS) is 10.3. The maximum atomic E-state index is 10.7. The van der Waals surface area contributed by atoms with Crippen LogP contribution in [0.3, 0.4) is 0 Å². The number of ether oxygens (including phenoxy) is 1. The first-order chi connectivity index (χ1) is 10.3. The second-order valence-corrected chi connectivity index (χ2v) is 4.62. The van der Waals surface area contributed by atoms with Crippen molar-refractivity contribution in [3.8, 4) is 5.75 Å². The Kier molecular flexibility index (Phi) is 5.72. The molecule has 2 aromatic carbocycles. The van der Waals surface area contributed by atoms with Crippen LogP contribution >= 0.6 is 0 Å². The third kappa shape index (κ3) is 5.24. The van der Waals surface area contributed by atoms with Crippen LogP contribution in [-0.4, -0.2) is 18.1 Å². The molecule has 5 nitrogen and oxygen atoms in total. The number of hydrogen-bond acceptors (Lipinski definition) is 4. The van der Waals surface area contributed by atoms with Gasteiger partial charge in [-0.15, -0.1) is 0 Å². The van der Waals surface area contributed by atoms with E-state index in [4.69, 9.17) is 4.74 Å². The molecule has 0 aliphatic rings. The molecule has 0 atom stereocenters. The van der Waals surface area contributed by atoms with Gasteiger partial charge in [0.1, 0.15) is 5.75 Å². The summed E-state index contributed by atoms with van der Waals surface area (Å²) in [6.07, 6.45) is 0.879. The maximum Gasteiger partial charge on any atom is 0.269 e. The third-order valence-electron chi connectivity index (χ3n) is 2.96. The van der Waals surface area contributed by atoms with Gasteiger partial charge < -0.3 is 10.1 Å². The van der Waals surface area contributed by atoms with Gasteiger partial charge in [0.25, 0.3) is 5.69 Å². The van der Waals surface area contributed by atoms with E-state index < -0.39 is 0 Å². The lowest BCUT2D eigenvalue weighted by Crippen LogP contribution is -2.17. The summed E-state index contributed by atoms with van der Waals surface area (Å²) >= 11 is 0. The summed E-state index contributed by atoms with van der Waals surface area (Å²) in [6.45, 7) is 2.06. The van der Waals surface area contributed by atoms with Gasteiger partial charge in [-0.2, -0.15) is 0 Å². The average Bonchev–Trinajstić information content (AvgIpc) is 2.52. The standard InChI is InChI=1S/C16H18N2O3/c19-18(20)15-7-4-6-14(12-15)13-17-10-5-11-21-16-8-2-1-3-9-16/h1-4,6-9,12,17H,5,10-11,13H2. The highest BCUT2D eigenvalue weighted by Gasteiger charge is 2.04. The largest absolute Gasteiger partial charge is 0.494 e. The lowest BCUT2D eigenvalue weighted by molar-refractivity contribution is -0.384. The molecule has 0 saturated heterocycles. The summed E-state index contributed by atoms with van der Waals surface area (Å²) in [5.74, 6) is 0.871. The lowest BCUT2D eigenvalue weighted by atomic mass is 10.2. The molecule has 0 spiro atoms. The fraction of sp³-hybridized carbons (Fsp3) is 0.250. The molecule has 1 N–H and O–H groups in total. The van der Waals surface area contributed by atoms with Crippen LogP contribution in [0.2, 0.25) is 0 Å². The monoisotopic (exact) mass is 286 g/mol. The van der Waals surface area contributed by atoms with Crippen LogP contribution in [0.25, 0.3) is 0 Å². The number of benzene rings is 2. The highest BCUT2D eigenvalue weighted by Crippen LogP contribution is 2.12. The summed E-state index contributed by atoms with van der Waals surface area (Å²) in [4.78, 5) is 10.3. The van der Waals surface area contributed by atoms with Gasteiger partial charge in [-0.3, -0.25) is 10.1 Å². The first-order valence-corrected chi connectivity index (χ1v) is 6.87. The number of nitrogens with one attached hydrogen (secondary N) is 1. The first kappa shape index (κ1) is 15.0. The topological polar surface area (TPSA) is 64.4 Å². The van der Waals surface area contributed by atoms with Crippen molar-refractivity contribution in [2.24, 2.45) is 0 Å². The molecule has 2 rings (SSSR count). The van der Waals surface area contributed by atoms with E-state index in [-0.39, 0.29) is 10.6 Å². The minimum absolute atomic E-state index is 0.127. The Hall–Kier alpha value is -2.40. The molecule has 2 aromatic rings. The summed E-state index contributed by atoms with van der Waals surface area (Å²) in [6, 6.07) is 16.4. The first-order valence-electron chi connectivity index (χ1n) is 6.87. The molecule has 0 unspecified atom stereocenters. The Labute approximate surface area is 123 Å². The molecule has 5 heteroatoms. The maximum absolute atomic E-state index is 10.7. The summed E-state index contributed by atoms with van der Waals surface area (Å²) in [5.41, 5.74) is 1.04. The van der Waals surface area contributed by atoms with Crippen LogP contribution in [0, 0.1) is 10.1 Å². The van der Waals surface area contributed by atoms with Crippen LogP contribution in [0.15, 0.2) is 54.6 Å². The molecule has 0 fully saturated rings. The molecule has 0 bridgehead atoms. The van der Waals surface area contributed by atoms with Crippen LogP contribution in [-0.2, 0) is 6.54 Å². The third-order valence-corrected chi connectivity index (χ3v) is 2.96. The molecule has 0 heterocycles. The SMILES string of the molecule is O=[N+]([O-])c1cccc(CNCCCOc2ccccc2)c1. The fourth-order valence-electron chi connectivity index (χ4n) is 1.92. The van der Waals surface area contributed by atoms with Crippen molar-refractivity contribution in [3.63, 3.8) is 0 Å². The van der Waals surface area contributed by atoms with E-state index in [0.717, 1.165) is 24.3 Å². The Morgan fingerprint density at radius 1 is 1.10 bits per heavy atom. The summed E-state index contributed by atoms with van der Waals surface area (Å²) in [7, 11) is 0. The molecule has 21 heavy (non-hydrogen) atoms. The molecule has 0 aliphatic carbocycles. The van der Waals surface area contributed by atoms with Gasteiger partial charge in [0.05, 0.1) is 11.5 Å². The minimum atomic E-state index is -0.378. The second-order valence-electron chi connectivity index (χ2n) is 4.62. The van der Waals surface area contributed by atoms with Crippen LogP contribution in [0.5, 0.6) is 5.75 Å². The van der Waals surface area contributed by atoms with Gasteiger partial charge >= 0.3 is 0 Å². The van der Waals surface area contributed by atoms with Gasteiger partial charge in [0.2, 0.25) is 0 Å². The molecule has 0 aliphatic heterocycles. The Balaban J connectivity index is 1.64. The molecule has 0 radical (unpaired) electrons. The quantitative estimate of drug-likeness (QED) is 0.460. The Bertz CT molecular complexity index is 573. The van der Waals surface area contributed by atoms with E-state index >= 15 is 0 Å². The highest BCUT2D eigenvalue weighted by molar-refractivity contribution is 5.34. The lowest BCUT2D eigenvalue weighted by Gasteiger charge is -2.07. The minimum Gasteiger partial charge on any atom is -0.494 e. The number of para-hydroxylation sites is 1. The van der Waals surface area contributed by atoms with E-state index in [0.29, 0.717) is 13.2 Å². The van der Waals surface area contributed by atoms with E-state index in [9.17, 15) is 10.1 Å². The fourth-order valence-corrected chi connectivity index (χ4v) is 1.92. The highest BCUT2D eigenvalue weighted by atomic mass is 16.6. The molecule has 0 amide bonds. The van der Waals surface area contributed by atoms with Crippen LogP contribution in [0.1, 0.15) is 12.0 Å². The molecular formula is C16H18N2O3. The molecule has 0 aromatic heterocycles. The zero-order valence-electron chi connectivity index (χ0n) is 11.7. The van der Waals surface area contributed by atoms with Crippen molar-refractivity contribution in [1.29, 1.82) is 0 Å². The van der Waals surface area contributed by atoms with E-state index in [1.54, 1.807) is 12.1 Å². The van der Waals surface area contributed by atoms with Crippen molar-refractivity contribution in [1.82, 2.24) is 5.32 Å². The number of non-ortho nitro benzene ring substituents is 1. The van der Waals surface area contributed by atoms with Gasteiger partial charge in [0.15, 0.2) is 0 Å². The average molecular weight is 286 g/mol. The number of nitrogens with zero attached hydrogens (tertiary/aromatic N) is 1. The predicted molar refractivity (Wildman–Crippen MR) is 81.4 cm³/mol. The van der Waals surface area contributed by atoms with E-state index in [1.165, 1.54) is 6.07 Å². The second kappa shape index (κ2) is 8.01. The Morgan fingerprint density at radius 3 is 2.67 bits per heavy atom. The van der Waals surface area contributed by atoms with Gasteiger partial charge in [-0.05, 0) is 30.7 Å². The van der Waals surface area contributed by atoms with Crippen LogP contribution < -0.4 is 10.1 Å². The van der Waals surface area contributed by atoms with Crippen molar-refractivity contribution in [2.75, 3.05) is 13.2 Å². The number of nitro benzene ring substituents is 1. The number of hydrogen-bond donors (Lipinski definition) is 1. The van der Waals surface area contributed by atoms with Crippen molar-refractivity contribution in [3.05, 3.63) is 70.3 Å². The number of nitro groups is 1. The zero-order chi connectivity index (χ0) is 14.9. The smallest absolute Gasteiger partial charge is 0.269 e. The van der Waals surface area contributed by atoms with Gasteiger partial charge in [-0.25, -0.2) is 0 Å². The molecule has 0 saturated carbocycles.